The van der Waals surface area contributed by atoms with E-state index in [0.717, 1.165) is 38.6 Å². The Morgan fingerprint density at radius 2 is 2.00 bits per heavy atom. The minimum atomic E-state index is 0. The molecule has 0 spiro atoms. The molecule has 1 aromatic rings. The van der Waals surface area contributed by atoms with Crippen LogP contribution in [0.15, 0.2) is 29.3 Å². The molecule has 2 aliphatic rings. The van der Waals surface area contributed by atoms with E-state index in [1.807, 2.05) is 6.07 Å². The molecular weight excluding hydrogens is 417 g/mol. The predicted molar refractivity (Wildman–Crippen MR) is 107 cm³/mol. The predicted octanol–water partition coefficient (Wildman–Crippen LogP) is 2.77. The van der Waals surface area contributed by atoms with E-state index < -0.39 is 0 Å². The van der Waals surface area contributed by atoms with Crippen molar-refractivity contribution in [1.29, 1.82) is 0 Å². The van der Waals surface area contributed by atoms with Crippen molar-refractivity contribution in [2.24, 2.45) is 10.7 Å². The number of guanidine groups is 1. The number of morpholine rings is 1. The number of ether oxygens (including phenoxy) is 2. The summed E-state index contributed by atoms with van der Waals surface area (Å²) in [6.45, 7) is 3.89. The van der Waals surface area contributed by atoms with Crippen LogP contribution in [0.25, 0.3) is 0 Å². The maximum atomic E-state index is 6.22. The fourth-order valence-electron chi connectivity index (χ4n) is 3.67. The van der Waals surface area contributed by atoms with Gasteiger partial charge >= 0.3 is 0 Å². The average Bonchev–Trinajstić information content (AvgIpc) is 3.11. The maximum absolute atomic E-state index is 6.22. The summed E-state index contributed by atoms with van der Waals surface area (Å²) in [5, 5.41) is 0. The zero-order valence-electron chi connectivity index (χ0n) is 14.4. The van der Waals surface area contributed by atoms with E-state index in [-0.39, 0.29) is 29.4 Å². The molecule has 0 aromatic heterocycles. The molecule has 2 fully saturated rings. The summed E-state index contributed by atoms with van der Waals surface area (Å²) in [7, 11) is 1.72. The van der Waals surface area contributed by atoms with E-state index in [4.69, 9.17) is 20.2 Å². The number of methoxy groups -OCH3 is 1. The quantitative estimate of drug-likeness (QED) is 0.440. The average molecular weight is 445 g/mol. The maximum Gasteiger partial charge on any atom is 0.191 e. The molecule has 1 heterocycles. The third kappa shape index (κ3) is 4.33. The number of rotatable bonds is 4. The molecule has 2 N–H and O–H groups in total. The zero-order valence-corrected chi connectivity index (χ0v) is 16.7. The molecule has 134 valence electrons. The van der Waals surface area contributed by atoms with Gasteiger partial charge in [-0.15, -0.1) is 24.0 Å². The zero-order chi connectivity index (χ0) is 16.1. The molecule has 24 heavy (non-hydrogen) atoms. The van der Waals surface area contributed by atoms with Gasteiger partial charge < -0.3 is 20.1 Å². The summed E-state index contributed by atoms with van der Waals surface area (Å²) in [6, 6.07) is 8.43. The SMILES string of the molecule is COc1cccc(C2(CN=C(N)N3CCOCC3)CCCC2)c1.I. The molecule has 5 nitrogen and oxygen atoms in total. The lowest BCUT2D eigenvalue weighted by molar-refractivity contribution is 0.0673. The van der Waals surface area contributed by atoms with E-state index in [1.165, 1.54) is 31.2 Å². The minimum absolute atomic E-state index is 0. The number of nitrogens with zero attached hydrogens (tertiary/aromatic N) is 2. The van der Waals surface area contributed by atoms with Crippen LogP contribution >= 0.6 is 24.0 Å². The first kappa shape index (κ1) is 19.3. The van der Waals surface area contributed by atoms with Gasteiger partial charge in [-0.25, -0.2) is 0 Å². The number of halogens is 1. The van der Waals surface area contributed by atoms with Crippen LogP contribution in [0.2, 0.25) is 0 Å². The topological polar surface area (TPSA) is 60.1 Å². The highest BCUT2D eigenvalue weighted by atomic mass is 127. The number of benzene rings is 1. The molecule has 1 aromatic carbocycles. The Hall–Kier alpha value is -1.02. The molecule has 0 atom stereocenters. The molecule has 1 saturated carbocycles. The van der Waals surface area contributed by atoms with Crippen LogP contribution in [0.3, 0.4) is 0 Å². The summed E-state index contributed by atoms with van der Waals surface area (Å²) in [5.41, 5.74) is 7.64. The van der Waals surface area contributed by atoms with Gasteiger partial charge in [0.05, 0.1) is 26.9 Å². The van der Waals surface area contributed by atoms with Gasteiger partial charge in [-0.05, 0) is 30.5 Å². The van der Waals surface area contributed by atoms with Crippen LogP contribution in [0, 0.1) is 0 Å². The number of hydrogen-bond donors (Lipinski definition) is 1. The van der Waals surface area contributed by atoms with Gasteiger partial charge in [0.2, 0.25) is 0 Å². The Kier molecular flexibility index (Phi) is 7.16. The van der Waals surface area contributed by atoms with E-state index in [9.17, 15) is 0 Å². The van der Waals surface area contributed by atoms with Crippen molar-refractivity contribution < 1.29 is 9.47 Å². The van der Waals surface area contributed by atoms with Crippen molar-refractivity contribution in [3.63, 3.8) is 0 Å². The highest BCUT2D eigenvalue weighted by Gasteiger charge is 2.36. The van der Waals surface area contributed by atoms with Gasteiger partial charge in [0, 0.05) is 18.5 Å². The van der Waals surface area contributed by atoms with Crippen LogP contribution < -0.4 is 10.5 Å². The van der Waals surface area contributed by atoms with E-state index >= 15 is 0 Å². The summed E-state index contributed by atoms with van der Waals surface area (Å²) in [6.07, 6.45) is 4.84. The van der Waals surface area contributed by atoms with Crippen molar-refractivity contribution in [3.05, 3.63) is 29.8 Å². The van der Waals surface area contributed by atoms with E-state index in [2.05, 4.69) is 23.1 Å². The third-order valence-electron chi connectivity index (χ3n) is 5.12. The highest BCUT2D eigenvalue weighted by Crippen LogP contribution is 2.42. The molecule has 1 aliphatic heterocycles. The number of hydrogen-bond acceptors (Lipinski definition) is 3. The summed E-state index contributed by atoms with van der Waals surface area (Å²) >= 11 is 0. The largest absolute Gasteiger partial charge is 0.497 e. The van der Waals surface area contributed by atoms with E-state index in [1.54, 1.807) is 7.11 Å². The molecule has 0 radical (unpaired) electrons. The molecule has 1 saturated heterocycles. The van der Waals surface area contributed by atoms with Gasteiger partial charge in [0.25, 0.3) is 0 Å². The lowest BCUT2D eigenvalue weighted by Gasteiger charge is -2.31. The third-order valence-corrected chi connectivity index (χ3v) is 5.12. The van der Waals surface area contributed by atoms with Crippen LogP contribution in [-0.2, 0) is 10.2 Å². The molecule has 0 bridgehead atoms. The second kappa shape index (κ2) is 8.89. The van der Waals surface area contributed by atoms with Gasteiger partial charge in [0.15, 0.2) is 5.96 Å². The van der Waals surface area contributed by atoms with Crippen LogP contribution in [0.4, 0.5) is 0 Å². The second-order valence-electron chi connectivity index (χ2n) is 6.49. The summed E-state index contributed by atoms with van der Waals surface area (Å²) in [4.78, 5) is 6.88. The summed E-state index contributed by atoms with van der Waals surface area (Å²) < 4.78 is 10.8. The first-order valence-electron chi connectivity index (χ1n) is 8.51. The Bertz CT molecular complexity index is 553. The first-order valence-corrected chi connectivity index (χ1v) is 8.51. The number of nitrogens with two attached hydrogens (primary N) is 1. The molecule has 3 rings (SSSR count). The van der Waals surface area contributed by atoms with Crippen LogP contribution in [-0.4, -0.2) is 50.8 Å². The second-order valence-corrected chi connectivity index (χ2v) is 6.49. The monoisotopic (exact) mass is 445 g/mol. The van der Waals surface area contributed by atoms with Crippen molar-refractivity contribution in [1.82, 2.24) is 4.90 Å². The van der Waals surface area contributed by atoms with Gasteiger partial charge in [0.1, 0.15) is 5.75 Å². The molecule has 0 amide bonds. The van der Waals surface area contributed by atoms with Gasteiger partial charge in [-0.3, -0.25) is 4.99 Å². The van der Waals surface area contributed by atoms with Crippen molar-refractivity contribution in [3.8, 4) is 5.75 Å². The summed E-state index contributed by atoms with van der Waals surface area (Å²) in [5.74, 6) is 1.57. The lowest BCUT2D eigenvalue weighted by atomic mass is 9.79. The Balaban J connectivity index is 0.00000208. The first-order chi connectivity index (χ1) is 11.2. The van der Waals surface area contributed by atoms with Crippen LogP contribution in [0.5, 0.6) is 5.75 Å². The van der Waals surface area contributed by atoms with Crippen molar-refractivity contribution in [2.75, 3.05) is 40.0 Å². The molecule has 0 unspecified atom stereocenters. The van der Waals surface area contributed by atoms with Crippen LogP contribution in [0.1, 0.15) is 31.2 Å². The van der Waals surface area contributed by atoms with E-state index in [0.29, 0.717) is 5.96 Å². The van der Waals surface area contributed by atoms with Crippen molar-refractivity contribution in [2.45, 2.75) is 31.1 Å². The smallest absolute Gasteiger partial charge is 0.191 e. The molecule has 6 heteroatoms. The Labute approximate surface area is 161 Å². The minimum Gasteiger partial charge on any atom is -0.497 e. The lowest BCUT2D eigenvalue weighted by Crippen LogP contribution is -2.45. The standard InChI is InChI=1S/C18H27N3O2.HI/c1-22-16-6-4-5-15(13-16)18(7-2-3-8-18)14-20-17(19)21-9-11-23-12-10-21;/h4-6,13H,2-3,7-12,14H2,1H3,(H2,19,20);1H. The Morgan fingerprint density at radius 3 is 2.67 bits per heavy atom. The molecular formula is C18H28IN3O2. The van der Waals surface area contributed by atoms with Gasteiger partial charge in [-0.1, -0.05) is 25.0 Å². The Morgan fingerprint density at radius 1 is 1.29 bits per heavy atom. The number of aliphatic imine (C=N–C) groups is 1. The fraction of sp³-hybridized carbons (Fsp3) is 0.611. The van der Waals surface area contributed by atoms with Crippen molar-refractivity contribution >= 4 is 29.9 Å². The molecule has 1 aliphatic carbocycles. The highest BCUT2D eigenvalue weighted by molar-refractivity contribution is 14.0. The van der Waals surface area contributed by atoms with Gasteiger partial charge in [-0.2, -0.15) is 0 Å². The normalized spacial score (nSPS) is 20.5. The fourth-order valence-corrected chi connectivity index (χ4v) is 3.67.